The van der Waals surface area contributed by atoms with Crippen LogP contribution in [0.15, 0.2) is 94.8 Å². The Labute approximate surface area is 148 Å². The van der Waals surface area contributed by atoms with E-state index >= 15 is 0 Å². The van der Waals surface area contributed by atoms with Crippen LogP contribution in [0.2, 0.25) is 0 Å². The first-order valence-electron chi connectivity index (χ1n) is 7.48. The minimum atomic E-state index is 0.324. The zero-order chi connectivity index (χ0) is 15.9. The molecule has 0 N–H and O–H groups in total. The van der Waals surface area contributed by atoms with Gasteiger partial charge in [-0.3, -0.25) is 0 Å². The average molecular weight is 381 g/mol. The van der Waals surface area contributed by atoms with Gasteiger partial charge in [0.1, 0.15) is 0 Å². The molecule has 3 aromatic rings. The molecule has 3 aromatic carbocycles. The van der Waals surface area contributed by atoms with E-state index in [4.69, 9.17) is 0 Å². The van der Waals surface area contributed by atoms with Gasteiger partial charge in [0.2, 0.25) is 0 Å². The van der Waals surface area contributed by atoms with Crippen molar-refractivity contribution in [2.45, 2.75) is 4.90 Å². The van der Waals surface area contributed by atoms with Gasteiger partial charge in [-0.1, -0.05) is 0 Å². The van der Waals surface area contributed by atoms with Gasteiger partial charge in [0.25, 0.3) is 0 Å². The van der Waals surface area contributed by atoms with Crippen LogP contribution in [0, 0.1) is 0 Å². The topological polar surface area (TPSA) is 0 Å². The maximum absolute atomic E-state index is 2.39. The van der Waals surface area contributed by atoms with Gasteiger partial charge in [-0.25, -0.2) is 0 Å². The van der Waals surface area contributed by atoms with E-state index in [1.54, 1.807) is 11.8 Å². The van der Waals surface area contributed by atoms with Gasteiger partial charge in [-0.15, -0.1) is 0 Å². The number of benzene rings is 3. The number of rotatable bonds is 5. The molecule has 0 bridgehead atoms. The first-order chi connectivity index (χ1) is 11.4. The molecule has 0 saturated heterocycles. The van der Waals surface area contributed by atoms with E-state index in [-0.39, 0.29) is 0 Å². The van der Waals surface area contributed by atoms with Gasteiger partial charge in [0, 0.05) is 0 Å². The van der Waals surface area contributed by atoms with Crippen molar-refractivity contribution in [1.82, 2.24) is 0 Å². The predicted molar refractivity (Wildman–Crippen MR) is 104 cm³/mol. The van der Waals surface area contributed by atoms with Crippen molar-refractivity contribution in [3.63, 3.8) is 0 Å². The number of hydrogen-bond acceptors (Lipinski definition) is 1. The van der Waals surface area contributed by atoms with Crippen LogP contribution in [-0.2, 0) is 0 Å². The van der Waals surface area contributed by atoms with Crippen LogP contribution < -0.4 is 4.46 Å². The standard InChI is InChI=1S/C21H18SSe/c1-22-19-14-12-18(13-15-19)21(17-8-4-2-5-9-17)16-23-20-10-6-3-7-11-20/h2-16H,1H3. The van der Waals surface area contributed by atoms with Gasteiger partial charge in [-0.2, -0.15) is 0 Å². The van der Waals surface area contributed by atoms with Crippen LogP contribution in [0.3, 0.4) is 0 Å². The van der Waals surface area contributed by atoms with Crippen molar-refractivity contribution in [2.24, 2.45) is 0 Å². The van der Waals surface area contributed by atoms with Crippen molar-refractivity contribution < 1.29 is 0 Å². The molecule has 0 atom stereocenters. The molecule has 0 spiro atoms. The summed E-state index contributed by atoms with van der Waals surface area (Å²) in [7, 11) is 0. The fourth-order valence-electron chi connectivity index (χ4n) is 2.32. The molecule has 3 rings (SSSR count). The predicted octanol–water partition coefficient (Wildman–Crippen LogP) is 4.83. The summed E-state index contributed by atoms with van der Waals surface area (Å²) in [5.74, 6) is 0. The van der Waals surface area contributed by atoms with Crippen molar-refractivity contribution in [3.05, 3.63) is 101 Å². The molecule has 0 unspecified atom stereocenters. The summed E-state index contributed by atoms with van der Waals surface area (Å²) < 4.78 is 1.40. The molecular formula is C21H18SSe. The summed E-state index contributed by atoms with van der Waals surface area (Å²) in [6, 6.07) is 30.2. The monoisotopic (exact) mass is 382 g/mol. The third-order valence-electron chi connectivity index (χ3n) is 3.54. The minimum absolute atomic E-state index is 0.324. The summed E-state index contributed by atoms with van der Waals surface area (Å²) >= 11 is 2.10. The Hall–Kier alpha value is -1.73. The molecule has 0 radical (unpaired) electrons. The summed E-state index contributed by atoms with van der Waals surface area (Å²) in [4.78, 5) is 3.70. The van der Waals surface area contributed by atoms with Crippen LogP contribution in [0.5, 0.6) is 0 Å². The Morgan fingerprint density at radius 1 is 0.739 bits per heavy atom. The van der Waals surface area contributed by atoms with E-state index in [9.17, 15) is 0 Å². The molecule has 0 aromatic heterocycles. The van der Waals surface area contributed by atoms with E-state index in [1.165, 1.54) is 26.1 Å². The molecular weight excluding hydrogens is 363 g/mol. The van der Waals surface area contributed by atoms with Gasteiger partial charge >= 0.3 is 149 Å². The van der Waals surface area contributed by atoms with Crippen LogP contribution >= 0.6 is 11.8 Å². The molecule has 0 amide bonds. The molecule has 0 nitrogen and oxygen atoms in total. The van der Waals surface area contributed by atoms with Crippen LogP contribution in [0.1, 0.15) is 11.1 Å². The summed E-state index contributed by atoms with van der Waals surface area (Å²) in [6.07, 6.45) is 2.11. The fraction of sp³-hybridized carbons (Fsp3) is 0.0476. The molecule has 0 aliphatic rings. The Balaban J connectivity index is 1.96. The molecule has 0 fully saturated rings. The normalized spacial score (nSPS) is 11.4. The van der Waals surface area contributed by atoms with Crippen molar-refractivity contribution in [2.75, 3.05) is 6.26 Å². The molecule has 2 heteroatoms. The van der Waals surface area contributed by atoms with Crippen LogP contribution in [0.4, 0.5) is 0 Å². The first-order valence-corrected chi connectivity index (χ1v) is 10.6. The van der Waals surface area contributed by atoms with E-state index in [0.29, 0.717) is 15.0 Å². The Morgan fingerprint density at radius 2 is 1.30 bits per heavy atom. The van der Waals surface area contributed by atoms with Crippen molar-refractivity contribution in [1.29, 1.82) is 0 Å². The maximum atomic E-state index is 2.39. The molecule has 0 saturated carbocycles. The van der Waals surface area contributed by atoms with Crippen molar-refractivity contribution >= 4 is 36.8 Å². The quantitative estimate of drug-likeness (QED) is 0.451. The fourth-order valence-corrected chi connectivity index (χ4v) is 4.49. The SMILES string of the molecule is CSc1ccc(C(=C[Se]c2ccccc2)c2ccccc2)cc1. The molecule has 0 aliphatic carbocycles. The first kappa shape index (κ1) is 16.1. The van der Waals surface area contributed by atoms with E-state index in [1.807, 2.05) is 0 Å². The Morgan fingerprint density at radius 3 is 1.91 bits per heavy atom. The van der Waals surface area contributed by atoms with Gasteiger partial charge in [0.15, 0.2) is 0 Å². The summed E-state index contributed by atoms with van der Waals surface area (Å²) in [5.41, 5.74) is 3.89. The second-order valence-electron chi connectivity index (χ2n) is 5.06. The average Bonchev–Trinajstić information content (AvgIpc) is 2.64. The van der Waals surface area contributed by atoms with E-state index < -0.39 is 0 Å². The molecule has 0 heterocycles. The Bertz CT molecular complexity index is 762. The third-order valence-corrected chi connectivity index (χ3v) is 6.17. The Kier molecular flexibility index (Phi) is 5.76. The van der Waals surface area contributed by atoms with Gasteiger partial charge in [0.05, 0.1) is 0 Å². The van der Waals surface area contributed by atoms with Crippen LogP contribution in [-0.4, -0.2) is 21.2 Å². The second-order valence-corrected chi connectivity index (χ2v) is 7.91. The molecule has 0 aliphatic heterocycles. The third kappa shape index (κ3) is 4.39. The zero-order valence-electron chi connectivity index (χ0n) is 13.0. The number of hydrogen-bond donors (Lipinski definition) is 0. The van der Waals surface area contributed by atoms with Gasteiger partial charge < -0.3 is 0 Å². The van der Waals surface area contributed by atoms with Crippen LogP contribution in [0.25, 0.3) is 5.57 Å². The zero-order valence-corrected chi connectivity index (χ0v) is 15.5. The van der Waals surface area contributed by atoms with E-state index in [2.05, 4.69) is 96.2 Å². The molecule has 23 heavy (non-hydrogen) atoms. The second kappa shape index (κ2) is 8.21. The van der Waals surface area contributed by atoms with E-state index in [0.717, 1.165) is 0 Å². The van der Waals surface area contributed by atoms with Gasteiger partial charge in [-0.05, 0) is 0 Å². The molecule has 114 valence electrons. The number of thioether (sulfide) groups is 1. The van der Waals surface area contributed by atoms with Crippen molar-refractivity contribution in [3.8, 4) is 0 Å². The summed E-state index contributed by atoms with van der Waals surface area (Å²) in [6.45, 7) is 0. The summed E-state index contributed by atoms with van der Waals surface area (Å²) in [5, 5.41) is 0.